The summed E-state index contributed by atoms with van der Waals surface area (Å²) in [4.78, 5) is 32.7. The number of carbonyl (C=O) groups is 2. The van der Waals surface area contributed by atoms with Gasteiger partial charge in [-0.2, -0.15) is 5.10 Å². The number of aromatic nitrogens is 3. The van der Waals surface area contributed by atoms with Crippen LogP contribution in [0.3, 0.4) is 0 Å². The Balaban J connectivity index is 1.47. The number of nitrogens with zero attached hydrogens (tertiary/aromatic N) is 4. The summed E-state index contributed by atoms with van der Waals surface area (Å²) in [5.41, 5.74) is 1.79. The number of hydrogen-bond acceptors (Lipinski definition) is 6. The van der Waals surface area contributed by atoms with Crippen molar-refractivity contribution in [2.24, 2.45) is 0 Å². The molecule has 4 rings (SSSR count). The number of ketones is 1. The molecule has 1 amide bonds. The van der Waals surface area contributed by atoms with Crippen LogP contribution in [-0.4, -0.2) is 75.1 Å². The second kappa shape index (κ2) is 7.58. The smallest absolute Gasteiger partial charge is 0.271 e. The third-order valence-corrected chi connectivity index (χ3v) is 5.26. The quantitative estimate of drug-likeness (QED) is 0.812. The highest BCUT2D eigenvalue weighted by atomic mass is 16.5. The number of fused-ring (bicyclic) bond motifs is 1. The minimum Gasteiger partial charge on any atom is -0.375 e. The second-order valence-electron chi connectivity index (χ2n) is 7.07. The number of likely N-dealkylation sites (tertiary alicyclic amines) is 1. The molecule has 27 heavy (non-hydrogen) atoms. The number of pyridine rings is 1. The first-order valence-corrected chi connectivity index (χ1v) is 9.22. The van der Waals surface area contributed by atoms with Gasteiger partial charge in [0.05, 0.1) is 18.8 Å². The molecule has 0 bridgehead atoms. The predicted molar refractivity (Wildman–Crippen MR) is 97.3 cm³/mol. The zero-order chi connectivity index (χ0) is 18.8. The molecule has 0 aliphatic carbocycles. The van der Waals surface area contributed by atoms with E-state index in [1.54, 1.807) is 6.20 Å². The summed E-state index contributed by atoms with van der Waals surface area (Å²) < 4.78 is 5.96. The van der Waals surface area contributed by atoms with Gasteiger partial charge in [0.25, 0.3) is 5.91 Å². The summed E-state index contributed by atoms with van der Waals surface area (Å²) in [6, 6.07) is 5.68. The lowest BCUT2D eigenvalue weighted by Gasteiger charge is -2.47. The van der Waals surface area contributed by atoms with Crippen LogP contribution < -0.4 is 0 Å². The lowest BCUT2D eigenvalue weighted by molar-refractivity contribution is -0.101. The van der Waals surface area contributed by atoms with Crippen LogP contribution in [-0.2, 0) is 11.3 Å². The van der Waals surface area contributed by atoms with Crippen LogP contribution >= 0.6 is 0 Å². The van der Waals surface area contributed by atoms with E-state index in [1.165, 1.54) is 13.0 Å². The average molecular weight is 369 g/mol. The van der Waals surface area contributed by atoms with Gasteiger partial charge in [-0.05, 0) is 24.1 Å². The number of rotatable bonds is 4. The van der Waals surface area contributed by atoms with Gasteiger partial charge in [-0.3, -0.25) is 24.6 Å². The van der Waals surface area contributed by atoms with Gasteiger partial charge in [0.15, 0.2) is 5.78 Å². The number of morpholine rings is 1. The highest BCUT2D eigenvalue weighted by molar-refractivity contribution is 5.97. The van der Waals surface area contributed by atoms with E-state index in [0.717, 1.165) is 25.1 Å². The molecular weight excluding hydrogens is 346 g/mol. The second-order valence-corrected chi connectivity index (χ2v) is 7.07. The number of ether oxygens (including phenoxy) is 1. The molecule has 0 radical (unpaired) electrons. The van der Waals surface area contributed by atoms with E-state index in [9.17, 15) is 9.59 Å². The van der Waals surface area contributed by atoms with E-state index in [1.807, 2.05) is 17.2 Å². The lowest BCUT2D eigenvalue weighted by atomic mass is 9.97. The van der Waals surface area contributed by atoms with Crippen LogP contribution in [0.4, 0.5) is 0 Å². The van der Waals surface area contributed by atoms with Gasteiger partial charge in [-0.1, -0.05) is 6.07 Å². The summed E-state index contributed by atoms with van der Waals surface area (Å²) in [5.74, 6) is -0.285. The van der Waals surface area contributed by atoms with Crippen LogP contribution in [0.25, 0.3) is 0 Å². The first-order valence-electron chi connectivity index (χ1n) is 9.22. The van der Waals surface area contributed by atoms with Crippen molar-refractivity contribution in [3.8, 4) is 0 Å². The van der Waals surface area contributed by atoms with Crippen molar-refractivity contribution < 1.29 is 14.3 Å². The fourth-order valence-corrected chi connectivity index (χ4v) is 3.83. The van der Waals surface area contributed by atoms with E-state index in [4.69, 9.17) is 4.74 Å². The maximum absolute atomic E-state index is 12.8. The largest absolute Gasteiger partial charge is 0.375 e. The SMILES string of the molecule is CC(=O)c1cc(C(=O)N2CC[C@@H]3OCCN(Cc4cccnc4)[C@H]3C2)[nH]n1. The third kappa shape index (κ3) is 3.77. The van der Waals surface area contributed by atoms with Gasteiger partial charge in [0.2, 0.25) is 0 Å². The maximum Gasteiger partial charge on any atom is 0.271 e. The van der Waals surface area contributed by atoms with E-state index >= 15 is 0 Å². The van der Waals surface area contributed by atoms with Crippen molar-refractivity contribution in [1.29, 1.82) is 0 Å². The Morgan fingerprint density at radius 2 is 2.26 bits per heavy atom. The number of carbonyl (C=O) groups excluding carboxylic acids is 2. The first kappa shape index (κ1) is 17.8. The molecule has 2 fully saturated rings. The molecule has 1 N–H and O–H groups in total. The minimum absolute atomic E-state index is 0.125. The Morgan fingerprint density at radius 3 is 3.00 bits per heavy atom. The third-order valence-electron chi connectivity index (χ3n) is 5.26. The maximum atomic E-state index is 12.8. The summed E-state index contributed by atoms with van der Waals surface area (Å²) >= 11 is 0. The minimum atomic E-state index is -0.160. The lowest BCUT2D eigenvalue weighted by Crippen LogP contribution is -2.60. The van der Waals surface area contributed by atoms with E-state index < -0.39 is 0 Å². The monoisotopic (exact) mass is 369 g/mol. The molecule has 2 aliphatic rings. The molecule has 2 atom stereocenters. The van der Waals surface area contributed by atoms with E-state index in [-0.39, 0.29) is 29.5 Å². The number of amides is 1. The first-order chi connectivity index (χ1) is 13.1. The highest BCUT2D eigenvalue weighted by Gasteiger charge is 2.38. The molecule has 2 aromatic rings. The van der Waals surface area contributed by atoms with Crippen LogP contribution in [0, 0.1) is 0 Å². The zero-order valence-electron chi connectivity index (χ0n) is 15.3. The normalized spacial score (nSPS) is 23.1. The topological polar surface area (TPSA) is 91.4 Å². The van der Waals surface area contributed by atoms with Gasteiger partial charge >= 0.3 is 0 Å². The fraction of sp³-hybridized carbons (Fsp3) is 0.474. The Kier molecular flexibility index (Phi) is 5.00. The van der Waals surface area contributed by atoms with Crippen LogP contribution in [0.1, 0.15) is 39.9 Å². The van der Waals surface area contributed by atoms with Crippen molar-refractivity contribution in [2.45, 2.75) is 32.0 Å². The number of piperidine rings is 1. The molecule has 2 aromatic heterocycles. The summed E-state index contributed by atoms with van der Waals surface area (Å²) in [5, 5.41) is 6.61. The molecule has 8 nitrogen and oxygen atoms in total. The van der Waals surface area contributed by atoms with Crippen molar-refractivity contribution in [2.75, 3.05) is 26.2 Å². The van der Waals surface area contributed by atoms with Crippen molar-refractivity contribution in [3.63, 3.8) is 0 Å². The number of hydrogen-bond donors (Lipinski definition) is 1. The van der Waals surface area contributed by atoms with Crippen LogP contribution in [0.15, 0.2) is 30.6 Å². The van der Waals surface area contributed by atoms with E-state index in [0.29, 0.717) is 25.4 Å². The summed E-state index contributed by atoms with van der Waals surface area (Å²) in [6.45, 7) is 4.99. The summed E-state index contributed by atoms with van der Waals surface area (Å²) in [6.07, 6.45) is 4.58. The van der Waals surface area contributed by atoms with Gasteiger partial charge in [-0.25, -0.2) is 0 Å². The van der Waals surface area contributed by atoms with Gasteiger partial charge in [0, 0.05) is 45.5 Å². The molecule has 4 heterocycles. The summed E-state index contributed by atoms with van der Waals surface area (Å²) in [7, 11) is 0. The molecule has 0 spiro atoms. The molecule has 0 unspecified atom stereocenters. The molecule has 2 aliphatic heterocycles. The standard InChI is InChI=1S/C19H23N5O3/c1-13(25)15-9-16(22-21-15)19(26)24-6-4-18-17(12-24)23(7-8-27-18)11-14-3-2-5-20-10-14/h2-3,5,9-10,17-18H,4,6-8,11-12H2,1H3,(H,21,22)/t17-,18-/m0/s1. The average Bonchev–Trinajstić information content (AvgIpc) is 3.19. The molecule has 0 saturated carbocycles. The van der Waals surface area contributed by atoms with E-state index in [2.05, 4.69) is 26.1 Å². The van der Waals surface area contributed by atoms with Crippen LogP contribution in [0.5, 0.6) is 0 Å². The Hall–Kier alpha value is -2.58. The molecule has 2 saturated heterocycles. The zero-order valence-corrected chi connectivity index (χ0v) is 15.3. The number of H-pyrrole nitrogens is 1. The van der Waals surface area contributed by atoms with Crippen LogP contribution in [0.2, 0.25) is 0 Å². The molecule has 142 valence electrons. The van der Waals surface area contributed by atoms with Gasteiger partial charge in [-0.15, -0.1) is 0 Å². The molecular formula is C19H23N5O3. The molecule has 8 heteroatoms. The van der Waals surface area contributed by atoms with Crippen molar-refractivity contribution in [3.05, 3.63) is 47.5 Å². The fourth-order valence-electron chi connectivity index (χ4n) is 3.83. The number of Topliss-reactive ketones (excluding diaryl/α,β-unsaturated/α-hetero) is 1. The van der Waals surface area contributed by atoms with Crippen molar-refractivity contribution >= 4 is 11.7 Å². The van der Waals surface area contributed by atoms with Gasteiger partial charge < -0.3 is 9.64 Å². The van der Waals surface area contributed by atoms with Crippen molar-refractivity contribution in [1.82, 2.24) is 25.0 Å². The van der Waals surface area contributed by atoms with Gasteiger partial charge in [0.1, 0.15) is 11.4 Å². The Morgan fingerprint density at radius 1 is 1.37 bits per heavy atom. The number of aromatic amines is 1. The Labute approximate surface area is 157 Å². The predicted octanol–water partition coefficient (Wildman–Crippen LogP) is 1.12. The molecule has 0 aromatic carbocycles. The number of nitrogens with one attached hydrogen (secondary N) is 1. The Bertz CT molecular complexity index is 822. The highest BCUT2D eigenvalue weighted by Crippen LogP contribution is 2.25.